The number of aliphatic hydroxyl groups excluding tert-OH is 3. The Labute approximate surface area is 186 Å². The van der Waals surface area contributed by atoms with Crippen LogP contribution >= 0.6 is 0 Å². The zero-order valence-electron chi connectivity index (χ0n) is 13.7. The van der Waals surface area contributed by atoms with Crippen LogP contribution in [0.3, 0.4) is 0 Å². The molecule has 0 aromatic heterocycles. The molecule has 0 atom stereocenters. The molecule has 0 heterocycles. The molecule has 0 aliphatic carbocycles. The molecule has 0 spiro atoms. The fourth-order valence-electron chi connectivity index (χ4n) is 0.380. The van der Waals surface area contributed by atoms with Crippen molar-refractivity contribution in [3.05, 3.63) is 25.3 Å². The molecule has 0 saturated heterocycles. The Morgan fingerprint density at radius 1 is 0.760 bits per heavy atom. The van der Waals surface area contributed by atoms with Crippen molar-refractivity contribution in [3.63, 3.8) is 0 Å². The van der Waals surface area contributed by atoms with Crippen molar-refractivity contribution in [3.8, 4) is 0 Å². The van der Waals surface area contributed by atoms with Crippen molar-refractivity contribution in [1.29, 1.82) is 0 Å². The Morgan fingerprint density at radius 2 is 1.00 bits per heavy atom. The first kappa shape index (κ1) is 40.9. The molecule has 0 bridgehead atoms. The molecule has 0 aromatic carbocycles. The Bertz CT molecular complexity index is 251. The maximum atomic E-state index is 9.62. The van der Waals surface area contributed by atoms with Crippen LogP contribution in [0.5, 0.6) is 0 Å². The summed E-state index contributed by atoms with van der Waals surface area (Å²) in [7, 11) is -10.00. The first-order valence-corrected chi connectivity index (χ1v) is 8.82. The van der Waals surface area contributed by atoms with E-state index in [0.717, 1.165) is 0 Å². The molecular formula is C9H18O11Si2Zn3. The van der Waals surface area contributed by atoms with Gasteiger partial charge < -0.3 is 52.9 Å². The summed E-state index contributed by atoms with van der Waals surface area (Å²) in [5.74, 6) is 0. The van der Waals surface area contributed by atoms with Gasteiger partial charge in [0.2, 0.25) is 0 Å². The van der Waals surface area contributed by atoms with Crippen LogP contribution in [0.25, 0.3) is 0 Å². The zero-order valence-corrected chi connectivity index (χ0v) is 24.6. The predicted octanol–water partition coefficient (Wildman–Crippen LogP) is -8.26. The van der Waals surface area contributed by atoms with Crippen molar-refractivity contribution < 1.29 is 111 Å². The third-order valence-corrected chi connectivity index (χ3v) is 2.22. The number of hydrogen-bond donors (Lipinski definition) is 3. The van der Waals surface area contributed by atoms with Gasteiger partial charge >= 0.3 is 58.4 Å². The van der Waals surface area contributed by atoms with Crippen molar-refractivity contribution >= 4 is 18.1 Å². The van der Waals surface area contributed by atoms with Crippen LogP contribution in [0.2, 0.25) is 0 Å². The molecule has 0 amide bonds. The normalized spacial score (nSPS) is 9.68. The minimum absolute atomic E-state index is 0. The summed E-state index contributed by atoms with van der Waals surface area (Å²) >= 11 is 0. The molecule has 16 heteroatoms. The van der Waals surface area contributed by atoms with Crippen LogP contribution in [0.15, 0.2) is 25.3 Å². The van der Waals surface area contributed by atoms with Crippen molar-refractivity contribution in [2.75, 3.05) is 26.4 Å². The minimum Gasteiger partial charge on any atom is -0.861 e. The van der Waals surface area contributed by atoms with Crippen LogP contribution in [-0.4, -0.2) is 65.9 Å². The molecule has 25 heavy (non-hydrogen) atoms. The second kappa shape index (κ2) is 25.3. The molecule has 0 unspecified atom stereocenters. The maximum absolute atomic E-state index is 9.62. The quantitative estimate of drug-likeness (QED) is 0.189. The van der Waals surface area contributed by atoms with E-state index in [1.54, 1.807) is 0 Å². The average Bonchev–Trinajstić information content (AvgIpc) is 2.41. The van der Waals surface area contributed by atoms with Gasteiger partial charge in [0.05, 0.1) is 13.2 Å². The smallest absolute Gasteiger partial charge is 0.861 e. The first-order valence-electron chi connectivity index (χ1n) is 5.55. The van der Waals surface area contributed by atoms with E-state index in [4.69, 9.17) is 15.3 Å². The maximum Gasteiger partial charge on any atom is 2.00 e. The van der Waals surface area contributed by atoms with Gasteiger partial charge in [-0.2, -0.15) is 0 Å². The minimum atomic E-state index is -5.00. The van der Waals surface area contributed by atoms with Gasteiger partial charge in [-0.25, -0.2) is 0 Å². The SMILES string of the molecule is C=CCO[Si]([O-])([O-])[O-].C=CCO[Si]([O-])([O-])[O-].OCC(O)CO.[Zn+2].[Zn+2].[Zn+2]. The molecule has 0 radical (unpaired) electrons. The summed E-state index contributed by atoms with van der Waals surface area (Å²) in [5.41, 5.74) is 0. The number of aliphatic hydroxyl groups is 3. The third-order valence-electron chi connectivity index (χ3n) is 1.18. The summed E-state index contributed by atoms with van der Waals surface area (Å²) in [6, 6.07) is 0. The van der Waals surface area contributed by atoms with Crippen molar-refractivity contribution in [1.82, 2.24) is 0 Å². The van der Waals surface area contributed by atoms with E-state index in [1.807, 2.05) is 0 Å². The Morgan fingerprint density at radius 3 is 1.04 bits per heavy atom. The summed E-state index contributed by atoms with van der Waals surface area (Å²) in [6.07, 6.45) is 1.43. The number of hydrogen-bond acceptors (Lipinski definition) is 11. The van der Waals surface area contributed by atoms with Gasteiger partial charge in [0.15, 0.2) is 0 Å². The van der Waals surface area contributed by atoms with Gasteiger partial charge in [-0.15, -0.1) is 31.3 Å². The van der Waals surface area contributed by atoms with Gasteiger partial charge in [-0.05, 0) is 0 Å². The molecule has 0 aromatic rings. The molecule has 0 fully saturated rings. The van der Waals surface area contributed by atoms with Gasteiger partial charge in [-0.1, -0.05) is 12.2 Å². The van der Waals surface area contributed by atoms with E-state index in [-0.39, 0.29) is 84.9 Å². The van der Waals surface area contributed by atoms with Gasteiger partial charge in [0.25, 0.3) is 0 Å². The predicted molar refractivity (Wildman–Crippen MR) is 64.0 cm³/mol. The van der Waals surface area contributed by atoms with Gasteiger partial charge in [0, 0.05) is 13.2 Å². The van der Waals surface area contributed by atoms with E-state index < -0.39 is 24.2 Å². The standard InChI is InChI=1S/2C3H5O4Si.C3H8O3.3Zn/c2*1-2-3-7-8(4,5)6;4-1-3(6)2-5;;;/h2*2H,1,3H2;3-6H,1-2H2;;;/q2*-3;;3*+2. The summed E-state index contributed by atoms with van der Waals surface area (Å²) in [4.78, 5) is 57.7. The van der Waals surface area contributed by atoms with E-state index in [1.165, 1.54) is 12.2 Å². The van der Waals surface area contributed by atoms with E-state index in [9.17, 15) is 28.8 Å². The van der Waals surface area contributed by atoms with Crippen molar-refractivity contribution in [2.24, 2.45) is 0 Å². The molecule has 0 aliphatic heterocycles. The monoisotopic (exact) mass is 550 g/mol. The van der Waals surface area contributed by atoms with Crippen LogP contribution in [0.1, 0.15) is 0 Å². The zero-order chi connectivity index (χ0) is 18.2. The van der Waals surface area contributed by atoms with Gasteiger partial charge in [0.1, 0.15) is 6.10 Å². The topological polar surface area (TPSA) is 218 Å². The van der Waals surface area contributed by atoms with Crippen LogP contribution in [-0.2, 0) is 67.3 Å². The summed E-state index contributed by atoms with van der Waals surface area (Å²) in [6.45, 7) is 5.09. The second-order valence-electron chi connectivity index (χ2n) is 3.22. The van der Waals surface area contributed by atoms with Crippen LogP contribution in [0.4, 0.5) is 0 Å². The average molecular weight is 555 g/mol. The van der Waals surface area contributed by atoms with Crippen LogP contribution in [0, 0.1) is 0 Å². The molecular weight excluding hydrogens is 536 g/mol. The molecule has 134 valence electrons. The number of rotatable bonds is 8. The van der Waals surface area contributed by atoms with Crippen LogP contribution < -0.4 is 28.8 Å². The van der Waals surface area contributed by atoms with Gasteiger partial charge in [-0.3, -0.25) is 0 Å². The molecule has 0 rings (SSSR count). The molecule has 3 N–H and O–H groups in total. The second-order valence-corrected chi connectivity index (χ2v) is 5.80. The van der Waals surface area contributed by atoms with Crippen molar-refractivity contribution in [2.45, 2.75) is 6.10 Å². The molecule has 0 saturated carbocycles. The fourth-order valence-corrected chi connectivity index (χ4v) is 1.02. The Balaban J connectivity index is -0.0000000516. The Kier molecular flexibility index (Phi) is 41.4. The van der Waals surface area contributed by atoms with E-state index >= 15 is 0 Å². The first-order chi connectivity index (χ1) is 9.93. The summed E-state index contributed by atoms with van der Waals surface area (Å²) in [5, 5.41) is 24.0. The van der Waals surface area contributed by atoms with E-state index in [2.05, 4.69) is 22.0 Å². The largest absolute Gasteiger partial charge is 2.00 e. The third kappa shape index (κ3) is 58.7. The molecule has 0 aliphatic rings. The Hall–Kier alpha value is 1.34. The van der Waals surface area contributed by atoms with E-state index in [0.29, 0.717) is 0 Å². The molecule has 11 nitrogen and oxygen atoms in total. The fraction of sp³-hybridized carbons (Fsp3) is 0.556. The summed E-state index contributed by atoms with van der Waals surface area (Å²) < 4.78 is 7.47.